The third kappa shape index (κ3) is 13.2. The summed E-state index contributed by atoms with van der Waals surface area (Å²) in [5.74, 6) is -2.91. The summed E-state index contributed by atoms with van der Waals surface area (Å²) in [6.45, 7) is 2.91. The van der Waals surface area contributed by atoms with Crippen LogP contribution in [-0.2, 0) is 80.3 Å². The van der Waals surface area contributed by atoms with Gasteiger partial charge in [0.05, 0.1) is 7.11 Å². The number of aliphatic hydroxyl groups excluding tert-OH is 2. The number of nitrogens with one attached hydrogen (secondary N) is 1. The van der Waals surface area contributed by atoms with Crippen LogP contribution < -0.4 is 5.32 Å². The number of methoxy groups -OCH3 is 1. The first-order valence-electron chi connectivity index (χ1n) is 10.7. The van der Waals surface area contributed by atoms with E-state index in [0.29, 0.717) is 12.8 Å². The monoisotopic (exact) mass is 580 g/mol. The van der Waals surface area contributed by atoms with Gasteiger partial charge in [0.25, 0.3) is 0 Å². The number of esters is 3. The maximum atomic E-state index is 11.9. The number of unbranched alkanes of at least 4 members (excludes halogenated alkanes) is 1. The molecule has 0 spiro atoms. The molecule has 13 nitrogen and oxygen atoms in total. The van der Waals surface area contributed by atoms with Crippen molar-refractivity contribution in [1.29, 1.82) is 0 Å². The van der Waals surface area contributed by atoms with E-state index < -0.39 is 60.8 Å². The van der Waals surface area contributed by atoms with Crippen LogP contribution in [0.3, 0.4) is 0 Å². The zero-order chi connectivity index (χ0) is 25.7. The van der Waals surface area contributed by atoms with E-state index in [4.69, 9.17) is 33.5 Å². The molecule has 1 radical (unpaired) electrons. The number of amides is 1. The third-order valence-electron chi connectivity index (χ3n) is 4.53. The molecule has 197 valence electrons. The van der Waals surface area contributed by atoms with Crippen LogP contribution in [0.25, 0.3) is 0 Å². The normalized spacial score (nSPS) is 22.1. The average molecular weight is 580 g/mol. The molecule has 1 amide bonds. The van der Waals surface area contributed by atoms with Gasteiger partial charge in [-0.2, -0.15) is 0 Å². The number of rotatable bonds is 13. The van der Waals surface area contributed by atoms with Crippen molar-refractivity contribution in [3.05, 3.63) is 11.6 Å². The predicted molar refractivity (Wildman–Crippen MR) is 113 cm³/mol. The van der Waals surface area contributed by atoms with Gasteiger partial charge >= 0.3 is 17.9 Å². The average Bonchev–Trinajstić information content (AvgIpc) is 2.76. The van der Waals surface area contributed by atoms with E-state index in [1.807, 2.05) is 0 Å². The summed E-state index contributed by atoms with van der Waals surface area (Å²) in [5, 5.41) is 20.6. The molecular weight excluding hydrogens is 547 g/mol. The molecule has 14 heteroatoms. The molecule has 1 aliphatic heterocycles. The summed E-state index contributed by atoms with van der Waals surface area (Å²) in [6.07, 6.45) is -2.54. The van der Waals surface area contributed by atoms with Crippen LogP contribution in [0, 0.1) is 0 Å². The molecule has 1 fully saturated rings. The predicted octanol–water partition coefficient (Wildman–Crippen LogP) is 0.194. The fourth-order valence-corrected chi connectivity index (χ4v) is 3.11. The van der Waals surface area contributed by atoms with Crippen molar-refractivity contribution < 1.29 is 90.5 Å². The standard InChI is InChI=1S/C21H33NO12.Y/c1-12(24)31-11-17-20(33-14(3)26)16(32-13(2)25)9-19(34-17)30-8-6-5-7-18(28)22-21(29-4)15(27)10-23;/h16-17,19-20,23,27H,5-11H2,1-4H3,(H,22,28);/b21-15-;. The van der Waals surface area contributed by atoms with E-state index in [-0.39, 0.29) is 64.6 Å². The molecule has 0 bridgehead atoms. The van der Waals surface area contributed by atoms with Gasteiger partial charge in [-0.15, -0.1) is 0 Å². The van der Waals surface area contributed by atoms with Gasteiger partial charge in [0.2, 0.25) is 11.8 Å². The minimum Gasteiger partial charge on any atom is -0.505 e. The topological polar surface area (TPSA) is 176 Å². The van der Waals surface area contributed by atoms with Gasteiger partial charge in [-0.25, -0.2) is 0 Å². The van der Waals surface area contributed by atoms with Crippen molar-refractivity contribution in [2.24, 2.45) is 0 Å². The Bertz CT molecular complexity index is 744. The second-order valence-electron chi connectivity index (χ2n) is 7.38. The Hall–Kier alpha value is -1.80. The molecule has 0 aromatic carbocycles. The summed E-state index contributed by atoms with van der Waals surface area (Å²) in [5.41, 5.74) is 0. The maximum absolute atomic E-state index is 11.9. The molecule has 4 unspecified atom stereocenters. The second kappa shape index (κ2) is 17.6. The molecule has 0 aliphatic carbocycles. The molecule has 35 heavy (non-hydrogen) atoms. The second-order valence-corrected chi connectivity index (χ2v) is 7.38. The van der Waals surface area contributed by atoms with Gasteiger partial charge in [0.1, 0.15) is 25.4 Å². The summed E-state index contributed by atoms with van der Waals surface area (Å²) in [7, 11) is 1.24. The number of hydrogen-bond acceptors (Lipinski definition) is 12. The van der Waals surface area contributed by atoms with E-state index in [9.17, 15) is 24.3 Å². The van der Waals surface area contributed by atoms with Crippen LogP contribution in [-0.4, -0.2) is 85.6 Å². The first-order valence-corrected chi connectivity index (χ1v) is 10.7. The van der Waals surface area contributed by atoms with Crippen LogP contribution in [0.1, 0.15) is 46.5 Å². The van der Waals surface area contributed by atoms with E-state index >= 15 is 0 Å². The summed E-state index contributed by atoms with van der Waals surface area (Å²) in [4.78, 5) is 46.2. The fraction of sp³-hybridized carbons (Fsp3) is 0.714. The quantitative estimate of drug-likeness (QED) is 0.117. The number of carbonyl (C=O) groups is 4. The van der Waals surface area contributed by atoms with E-state index in [1.54, 1.807) is 0 Å². The first kappa shape index (κ1) is 33.2. The van der Waals surface area contributed by atoms with Crippen molar-refractivity contribution in [2.45, 2.75) is 71.1 Å². The summed E-state index contributed by atoms with van der Waals surface area (Å²) >= 11 is 0. The van der Waals surface area contributed by atoms with E-state index in [2.05, 4.69) is 5.32 Å². The Morgan fingerprint density at radius 3 is 2.23 bits per heavy atom. The molecule has 1 saturated heterocycles. The van der Waals surface area contributed by atoms with Gasteiger partial charge in [0, 0.05) is 72.9 Å². The molecule has 1 rings (SSSR count). The third-order valence-corrected chi connectivity index (χ3v) is 4.53. The van der Waals surface area contributed by atoms with Crippen LogP contribution in [0.4, 0.5) is 0 Å². The van der Waals surface area contributed by atoms with Crippen LogP contribution in [0.2, 0.25) is 0 Å². The zero-order valence-electron chi connectivity index (χ0n) is 20.3. The van der Waals surface area contributed by atoms with Crippen LogP contribution >= 0.6 is 0 Å². The van der Waals surface area contributed by atoms with Gasteiger partial charge in [-0.05, 0) is 12.8 Å². The van der Waals surface area contributed by atoms with Crippen molar-refractivity contribution in [3.63, 3.8) is 0 Å². The molecule has 4 atom stereocenters. The molecule has 0 saturated carbocycles. The number of carbonyl (C=O) groups excluding carboxylic acids is 4. The zero-order valence-corrected chi connectivity index (χ0v) is 23.2. The SMILES string of the molecule is CO/C(NC(=O)CCCCOC1CC(OC(C)=O)C(OC(C)=O)C(COC(C)=O)O1)=C(\O)CO.[Y]. The fourth-order valence-electron chi connectivity index (χ4n) is 3.11. The number of hydrogen-bond donors (Lipinski definition) is 3. The molecule has 3 N–H and O–H groups in total. The molecular formula is C21H33NO12Y. The summed E-state index contributed by atoms with van der Waals surface area (Å²) < 4.78 is 31.8. The van der Waals surface area contributed by atoms with Crippen LogP contribution in [0.5, 0.6) is 0 Å². The van der Waals surface area contributed by atoms with Gasteiger partial charge < -0.3 is 38.6 Å². The van der Waals surface area contributed by atoms with Gasteiger partial charge in [-0.1, -0.05) is 0 Å². The van der Waals surface area contributed by atoms with Crippen molar-refractivity contribution >= 4 is 23.8 Å². The Balaban J connectivity index is 0.0000116. The molecule has 0 aromatic heterocycles. The molecule has 1 heterocycles. The maximum Gasteiger partial charge on any atom is 0.303 e. The minimum absolute atomic E-state index is 0. The number of aliphatic hydroxyl groups is 2. The van der Waals surface area contributed by atoms with Crippen LogP contribution in [0.15, 0.2) is 11.6 Å². The Morgan fingerprint density at radius 1 is 1.03 bits per heavy atom. The van der Waals surface area contributed by atoms with Crippen molar-refractivity contribution in [1.82, 2.24) is 5.32 Å². The Morgan fingerprint density at radius 2 is 1.69 bits per heavy atom. The van der Waals surface area contributed by atoms with E-state index in [0.717, 1.165) is 0 Å². The smallest absolute Gasteiger partial charge is 0.303 e. The minimum atomic E-state index is -0.984. The first-order chi connectivity index (χ1) is 16.1. The van der Waals surface area contributed by atoms with Crippen molar-refractivity contribution in [3.8, 4) is 0 Å². The van der Waals surface area contributed by atoms with Gasteiger partial charge in [-0.3, -0.25) is 24.5 Å². The van der Waals surface area contributed by atoms with E-state index in [1.165, 1.54) is 27.9 Å². The molecule has 1 aliphatic rings. The largest absolute Gasteiger partial charge is 0.505 e. The molecule has 0 aromatic rings. The number of ether oxygens (including phenoxy) is 6. The summed E-state index contributed by atoms with van der Waals surface area (Å²) in [6, 6.07) is 0. The van der Waals surface area contributed by atoms with Gasteiger partial charge in [0.15, 0.2) is 18.2 Å². The Kier molecular flexibility index (Phi) is 16.7. The Labute approximate surface area is 228 Å². The van der Waals surface area contributed by atoms with Crippen molar-refractivity contribution in [2.75, 3.05) is 26.9 Å².